The highest BCUT2D eigenvalue weighted by atomic mass is 16.3. The predicted molar refractivity (Wildman–Crippen MR) is 75.9 cm³/mol. The Morgan fingerprint density at radius 2 is 2.05 bits per heavy atom. The third-order valence-electron chi connectivity index (χ3n) is 2.98. The van der Waals surface area contributed by atoms with Gasteiger partial charge in [-0.15, -0.1) is 10.2 Å². The maximum absolute atomic E-state index is 11.7. The van der Waals surface area contributed by atoms with E-state index in [0.29, 0.717) is 11.5 Å². The van der Waals surface area contributed by atoms with Crippen molar-refractivity contribution in [2.24, 2.45) is 0 Å². The molecule has 3 rings (SSSR count). The first-order valence-corrected chi connectivity index (χ1v) is 6.61. The summed E-state index contributed by atoms with van der Waals surface area (Å²) in [6, 6.07) is 8.66. The van der Waals surface area contributed by atoms with Crippen molar-refractivity contribution in [1.82, 2.24) is 25.2 Å². The van der Waals surface area contributed by atoms with Crippen LogP contribution in [0.4, 0.5) is 0 Å². The van der Waals surface area contributed by atoms with Gasteiger partial charge in [0.15, 0.2) is 17.2 Å². The minimum Gasteiger partial charge on any atom is -0.459 e. The molecule has 3 aromatic heterocycles. The van der Waals surface area contributed by atoms with Gasteiger partial charge in [0.2, 0.25) is 5.91 Å². The summed E-state index contributed by atoms with van der Waals surface area (Å²) in [6.07, 6.45) is 3.21. The van der Waals surface area contributed by atoms with Crippen molar-refractivity contribution < 1.29 is 14.0 Å². The number of hydrogen-bond donors (Lipinski definition) is 2. The van der Waals surface area contributed by atoms with Gasteiger partial charge in [-0.25, -0.2) is 0 Å². The Morgan fingerprint density at radius 1 is 1.14 bits per heavy atom. The van der Waals surface area contributed by atoms with Crippen LogP contribution in [-0.2, 0) is 11.3 Å². The normalized spacial score (nSPS) is 10.5. The van der Waals surface area contributed by atoms with Gasteiger partial charge in [0.1, 0.15) is 0 Å². The fourth-order valence-corrected chi connectivity index (χ4v) is 1.91. The number of rotatable bonds is 5. The summed E-state index contributed by atoms with van der Waals surface area (Å²) in [5, 5.41) is 13.1. The average molecular weight is 299 g/mol. The standard InChI is InChI=1S/C14H13N5O3/c20-13(9-16-14(21)10-4-3-7-22-10)15-8-12-18-17-11-5-1-2-6-19(11)12/h1-7H,8-9H2,(H,15,20)(H,16,21). The van der Waals surface area contributed by atoms with Crippen molar-refractivity contribution in [3.05, 3.63) is 54.4 Å². The first-order chi connectivity index (χ1) is 10.7. The molecule has 3 aromatic rings. The largest absolute Gasteiger partial charge is 0.459 e. The molecule has 0 saturated carbocycles. The summed E-state index contributed by atoms with van der Waals surface area (Å²) >= 11 is 0. The highest BCUT2D eigenvalue weighted by molar-refractivity contribution is 5.94. The number of nitrogens with zero attached hydrogens (tertiary/aromatic N) is 3. The summed E-state index contributed by atoms with van der Waals surface area (Å²) in [4.78, 5) is 23.3. The number of nitrogens with one attached hydrogen (secondary N) is 2. The van der Waals surface area contributed by atoms with Crippen LogP contribution in [0.5, 0.6) is 0 Å². The van der Waals surface area contributed by atoms with Crippen LogP contribution in [0.15, 0.2) is 47.2 Å². The summed E-state index contributed by atoms with van der Waals surface area (Å²) < 4.78 is 6.71. The molecular weight excluding hydrogens is 286 g/mol. The number of furan rings is 1. The molecule has 8 heteroatoms. The Labute approximate surface area is 125 Å². The van der Waals surface area contributed by atoms with Crippen molar-refractivity contribution in [1.29, 1.82) is 0 Å². The first-order valence-electron chi connectivity index (χ1n) is 6.61. The molecule has 0 aliphatic heterocycles. The molecule has 0 aromatic carbocycles. The third kappa shape index (κ3) is 2.95. The van der Waals surface area contributed by atoms with E-state index in [-0.39, 0.29) is 24.8 Å². The van der Waals surface area contributed by atoms with Crippen LogP contribution < -0.4 is 10.6 Å². The van der Waals surface area contributed by atoms with Gasteiger partial charge in [-0.2, -0.15) is 0 Å². The zero-order valence-electron chi connectivity index (χ0n) is 11.5. The minimum atomic E-state index is -0.437. The second-order valence-corrected chi connectivity index (χ2v) is 4.48. The molecule has 112 valence electrons. The Bertz CT molecular complexity index is 794. The van der Waals surface area contributed by atoms with Crippen LogP contribution in [0.3, 0.4) is 0 Å². The second-order valence-electron chi connectivity index (χ2n) is 4.48. The monoisotopic (exact) mass is 299 g/mol. The number of fused-ring (bicyclic) bond motifs is 1. The Kier molecular flexibility index (Phi) is 3.82. The van der Waals surface area contributed by atoms with Crippen LogP contribution in [-0.4, -0.2) is 33.0 Å². The molecule has 0 spiro atoms. The van der Waals surface area contributed by atoms with Gasteiger partial charge < -0.3 is 15.1 Å². The molecule has 0 unspecified atom stereocenters. The molecule has 0 bridgehead atoms. The van der Waals surface area contributed by atoms with E-state index in [1.165, 1.54) is 12.3 Å². The lowest BCUT2D eigenvalue weighted by Crippen LogP contribution is -2.36. The fraction of sp³-hybridized carbons (Fsp3) is 0.143. The van der Waals surface area contributed by atoms with E-state index < -0.39 is 5.91 Å². The highest BCUT2D eigenvalue weighted by Gasteiger charge is 2.11. The van der Waals surface area contributed by atoms with Crippen molar-refractivity contribution >= 4 is 17.5 Å². The minimum absolute atomic E-state index is 0.143. The molecule has 0 saturated heterocycles. The Morgan fingerprint density at radius 3 is 2.86 bits per heavy atom. The molecule has 0 aliphatic rings. The van der Waals surface area contributed by atoms with Gasteiger partial charge in [0.05, 0.1) is 19.4 Å². The lowest BCUT2D eigenvalue weighted by molar-refractivity contribution is -0.120. The van der Waals surface area contributed by atoms with Gasteiger partial charge in [-0.1, -0.05) is 6.07 Å². The Balaban J connectivity index is 1.51. The molecule has 2 N–H and O–H groups in total. The molecular formula is C14H13N5O3. The summed E-state index contributed by atoms with van der Waals surface area (Å²) in [5.74, 6) is 0.0122. The SMILES string of the molecule is O=C(CNC(=O)c1ccco1)NCc1nnc2ccccn12. The zero-order chi connectivity index (χ0) is 15.4. The van der Waals surface area contributed by atoms with E-state index >= 15 is 0 Å². The van der Waals surface area contributed by atoms with Gasteiger partial charge in [-0.3, -0.25) is 14.0 Å². The van der Waals surface area contributed by atoms with Crippen molar-refractivity contribution in [3.8, 4) is 0 Å². The van der Waals surface area contributed by atoms with E-state index in [1.807, 2.05) is 24.4 Å². The number of amides is 2. The quantitative estimate of drug-likeness (QED) is 0.708. The van der Waals surface area contributed by atoms with Crippen LogP contribution in [0, 0.1) is 0 Å². The van der Waals surface area contributed by atoms with Crippen LogP contribution in [0.1, 0.15) is 16.4 Å². The molecule has 0 fully saturated rings. The summed E-state index contributed by atoms with van der Waals surface area (Å²) in [6.45, 7) is 0.0803. The topological polar surface area (TPSA) is 102 Å². The zero-order valence-corrected chi connectivity index (χ0v) is 11.5. The number of aromatic nitrogens is 3. The van der Waals surface area contributed by atoms with E-state index in [1.54, 1.807) is 10.5 Å². The lowest BCUT2D eigenvalue weighted by Gasteiger charge is -2.05. The van der Waals surface area contributed by atoms with E-state index in [4.69, 9.17) is 4.42 Å². The number of hydrogen-bond acceptors (Lipinski definition) is 5. The third-order valence-corrected chi connectivity index (χ3v) is 2.98. The second kappa shape index (κ2) is 6.08. The Hall–Kier alpha value is -3.16. The van der Waals surface area contributed by atoms with Crippen molar-refractivity contribution in [2.45, 2.75) is 6.54 Å². The first kappa shape index (κ1) is 13.8. The van der Waals surface area contributed by atoms with Gasteiger partial charge in [0.25, 0.3) is 5.91 Å². The number of carbonyl (C=O) groups is 2. The van der Waals surface area contributed by atoms with Crippen molar-refractivity contribution in [2.75, 3.05) is 6.54 Å². The molecule has 0 atom stereocenters. The summed E-state index contributed by atoms with van der Waals surface area (Å²) in [7, 11) is 0. The predicted octanol–water partition coefficient (Wildman–Crippen LogP) is 0.368. The van der Waals surface area contributed by atoms with E-state index in [0.717, 1.165) is 0 Å². The van der Waals surface area contributed by atoms with Gasteiger partial charge in [-0.05, 0) is 24.3 Å². The van der Waals surface area contributed by atoms with Gasteiger partial charge >= 0.3 is 0 Å². The molecule has 2 amide bonds. The molecule has 8 nitrogen and oxygen atoms in total. The van der Waals surface area contributed by atoms with Crippen molar-refractivity contribution in [3.63, 3.8) is 0 Å². The van der Waals surface area contributed by atoms with E-state index in [2.05, 4.69) is 20.8 Å². The van der Waals surface area contributed by atoms with Crippen LogP contribution in [0.25, 0.3) is 5.65 Å². The number of pyridine rings is 1. The molecule has 0 aliphatic carbocycles. The van der Waals surface area contributed by atoms with Gasteiger partial charge in [0, 0.05) is 6.20 Å². The summed E-state index contributed by atoms with van der Waals surface area (Å²) in [5.41, 5.74) is 0.706. The van der Waals surface area contributed by atoms with E-state index in [9.17, 15) is 9.59 Å². The number of carbonyl (C=O) groups excluding carboxylic acids is 2. The molecule has 0 radical (unpaired) electrons. The smallest absolute Gasteiger partial charge is 0.287 e. The lowest BCUT2D eigenvalue weighted by atomic mass is 10.4. The average Bonchev–Trinajstić information content (AvgIpc) is 3.20. The van der Waals surface area contributed by atoms with Crippen LogP contribution in [0.2, 0.25) is 0 Å². The maximum atomic E-state index is 11.7. The maximum Gasteiger partial charge on any atom is 0.287 e. The molecule has 22 heavy (non-hydrogen) atoms. The molecule has 3 heterocycles. The van der Waals surface area contributed by atoms with Crippen LogP contribution >= 0.6 is 0 Å². The highest BCUT2D eigenvalue weighted by Crippen LogP contribution is 2.02. The fourth-order valence-electron chi connectivity index (χ4n) is 1.91.